The van der Waals surface area contributed by atoms with Crippen LogP contribution in [-0.2, 0) is 4.79 Å². The highest BCUT2D eigenvalue weighted by Crippen LogP contribution is 2.45. The molecule has 39 heavy (non-hydrogen) atoms. The number of methoxy groups -OCH3 is 3. The number of ether oxygens (including phenoxy) is 3. The minimum atomic E-state index is -0.964. The van der Waals surface area contributed by atoms with Gasteiger partial charge in [0.2, 0.25) is 5.78 Å². The molecule has 1 N–H and O–H groups in total. The summed E-state index contributed by atoms with van der Waals surface area (Å²) in [6.07, 6.45) is 0. The molecule has 6 rings (SSSR count). The molecule has 196 valence electrons. The molecule has 0 radical (unpaired) electrons. The Labute approximate surface area is 226 Å². The maximum atomic E-state index is 13.9. The zero-order valence-corrected chi connectivity index (χ0v) is 21.9. The van der Waals surface area contributed by atoms with Gasteiger partial charge in [-0.05, 0) is 48.0 Å². The molecule has 10 heteroatoms. The quantitative estimate of drug-likeness (QED) is 0.255. The van der Waals surface area contributed by atoms with E-state index in [2.05, 4.69) is 4.98 Å². The molecule has 0 spiro atoms. The third kappa shape index (κ3) is 3.96. The van der Waals surface area contributed by atoms with Crippen LogP contribution in [0.25, 0.3) is 21.2 Å². The van der Waals surface area contributed by atoms with Crippen LogP contribution < -0.4 is 19.1 Å². The number of anilines is 1. The number of ketones is 1. The molecule has 0 fully saturated rings. The van der Waals surface area contributed by atoms with Gasteiger partial charge in [0.1, 0.15) is 11.5 Å². The molecule has 0 saturated heterocycles. The fraction of sp³-hybridized carbons (Fsp3) is 0.138. The first-order chi connectivity index (χ1) is 18.9. The Morgan fingerprint density at radius 1 is 0.974 bits per heavy atom. The second-order valence-electron chi connectivity index (χ2n) is 8.76. The Kier molecular flexibility index (Phi) is 5.96. The zero-order valence-electron chi connectivity index (χ0n) is 21.1. The Balaban J connectivity index is 1.49. The summed E-state index contributed by atoms with van der Waals surface area (Å²) in [7, 11) is 4.63. The van der Waals surface area contributed by atoms with E-state index in [1.54, 1.807) is 74.9 Å². The van der Waals surface area contributed by atoms with Crippen molar-refractivity contribution in [2.24, 2.45) is 0 Å². The molecule has 5 aromatic rings. The Morgan fingerprint density at radius 3 is 2.44 bits per heavy atom. The van der Waals surface area contributed by atoms with Gasteiger partial charge in [-0.15, -0.1) is 0 Å². The molecule has 9 nitrogen and oxygen atoms in total. The van der Waals surface area contributed by atoms with Gasteiger partial charge in [0.25, 0.3) is 5.91 Å². The van der Waals surface area contributed by atoms with Crippen LogP contribution >= 0.6 is 11.3 Å². The van der Waals surface area contributed by atoms with Gasteiger partial charge in [-0.1, -0.05) is 35.6 Å². The van der Waals surface area contributed by atoms with Crippen molar-refractivity contribution < 1.29 is 33.3 Å². The molecule has 1 unspecified atom stereocenters. The predicted octanol–water partition coefficient (Wildman–Crippen LogP) is 5.85. The third-order valence-corrected chi connectivity index (χ3v) is 7.64. The number of fused-ring (bicyclic) bond motifs is 2. The largest absolute Gasteiger partial charge is 0.503 e. The fourth-order valence-electron chi connectivity index (χ4n) is 4.70. The molecule has 3 aromatic carbocycles. The summed E-state index contributed by atoms with van der Waals surface area (Å²) in [4.78, 5) is 33.5. The van der Waals surface area contributed by atoms with Crippen molar-refractivity contribution in [1.29, 1.82) is 0 Å². The average Bonchev–Trinajstić information content (AvgIpc) is 3.66. The monoisotopic (exact) mass is 542 g/mol. The summed E-state index contributed by atoms with van der Waals surface area (Å²) in [5.41, 5.74) is 1.52. The Hall–Kier alpha value is -4.83. The van der Waals surface area contributed by atoms with Crippen molar-refractivity contribution in [3.05, 3.63) is 89.4 Å². The van der Waals surface area contributed by atoms with E-state index < -0.39 is 23.5 Å². The van der Waals surface area contributed by atoms with Crippen molar-refractivity contribution in [3.63, 3.8) is 0 Å². The van der Waals surface area contributed by atoms with Gasteiger partial charge in [0.15, 0.2) is 28.0 Å². The van der Waals surface area contributed by atoms with E-state index in [1.807, 2.05) is 6.07 Å². The van der Waals surface area contributed by atoms with E-state index in [9.17, 15) is 14.7 Å². The molecule has 3 heterocycles. The number of aliphatic hydroxyl groups is 1. The molecule has 0 aliphatic carbocycles. The number of amides is 1. The van der Waals surface area contributed by atoms with Crippen LogP contribution in [0, 0.1) is 0 Å². The lowest BCUT2D eigenvalue weighted by molar-refractivity contribution is -0.117. The van der Waals surface area contributed by atoms with Crippen molar-refractivity contribution in [3.8, 4) is 17.2 Å². The van der Waals surface area contributed by atoms with Crippen molar-refractivity contribution in [2.45, 2.75) is 6.04 Å². The molecule has 1 atom stereocenters. The van der Waals surface area contributed by atoms with Crippen LogP contribution in [0.1, 0.15) is 22.2 Å². The second kappa shape index (κ2) is 9.48. The number of hydrogen-bond donors (Lipinski definition) is 1. The van der Waals surface area contributed by atoms with Crippen LogP contribution in [0.5, 0.6) is 17.2 Å². The number of aliphatic hydroxyl groups excluding tert-OH is 1. The van der Waals surface area contributed by atoms with Crippen LogP contribution in [-0.4, -0.2) is 43.1 Å². The lowest BCUT2D eigenvalue weighted by Gasteiger charge is -2.24. The minimum Gasteiger partial charge on any atom is -0.503 e. The maximum Gasteiger partial charge on any atom is 0.296 e. The zero-order chi connectivity index (χ0) is 27.3. The van der Waals surface area contributed by atoms with E-state index >= 15 is 0 Å². The summed E-state index contributed by atoms with van der Waals surface area (Å²) in [5.74, 6) is -0.334. The van der Waals surface area contributed by atoms with E-state index in [-0.39, 0.29) is 11.3 Å². The highest BCUT2D eigenvalue weighted by molar-refractivity contribution is 7.22. The van der Waals surface area contributed by atoms with Crippen molar-refractivity contribution in [2.75, 3.05) is 26.2 Å². The second-order valence-corrected chi connectivity index (χ2v) is 9.77. The van der Waals surface area contributed by atoms with Gasteiger partial charge in [0.05, 0.1) is 43.2 Å². The number of hydrogen-bond acceptors (Lipinski definition) is 9. The molecular weight excluding hydrogens is 520 g/mol. The number of furan rings is 1. The normalized spacial score (nSPS) is 15.4. The van der Waals surface area contributed by atoms with Gasteiger partial charge < -0.3 is 23.7 Å². The van der Waals surface area contributed by atoms with Gasteiger partial charge in [0, 0.05) is 5.39 Å². The SMILES string of the molecule is COc1ccc(C2C(C(=O)c3cc4cccc(OC)c4o3)=C(O)C(=O)N2c2nc3ccc(OC)cc3s2)cc1. The van der Waals surface area contributed by atoms with Crippen molar-refractivity contribution >= 4 is 49.3 Å². The highest BCUT2D eigenvalue weighted by atomic mass is 32.1. The first-order valence-corrected chi connectivity index (χ1v) is 12.7. The molecule has 1 aliphatic rings. The van der Waals surface area contributed by atoms with Crippen LogP contribution in [0.15, 0.2) is 82.5 Å². The fourth-order valence-corrected chi connectivity index (χ4v) is 5.72. The summed E-state index contributed by atoms with van der Waals surface area (Å²) < 4.78 is 22.6. The lowest BCUT2D eigenvalue weighted by atomic mass is 9.95. The predicted molar refractivity (Wildman–Crippen MR) is 146 cm³/mol. The maximum absolute atomic E-state index is 13.9. The number of para-hydroxylation sites is 1. The first kappa shape index (κ1) is 24.5. The number of benzene rings is 3. The van der Waals surface area contributed by atoms with E-state index in [0.29, 0.717) is 44.4 Å². The molecule has 2 aromatic heterocycles. The standard InChI is InChI=1S/C29H22N2O7S/c1-35-17-9-7-15(8-10-17)24-23(25(32)21-13-16-5-4-6-20(37-3)27(16)38-21)26(33)28(34)31(24)29-30-19-12-11-18(36-2)14-22(19)39-29/h4-14,24,33H,1-3H3. The van der Waals surface area contributed by atoms with Crippen LogP contribution in [0.3, 0.4) is 0 Å². The van der Waals surface area contributed by atoms with E-state index in [0.717, 1.165) is 4.70 Å². The van der Waals surface area contributed by atoms with Gasteiger partial charge >= 0.3 is 0 Å². The number of rotatable bonds is 7. The third-order valence-electron chi connectivity index (χ3n) is 6.63. The number of carbonyl (C=O) groups excluding carboxylic acids is 2. The van der Waals surface area contributed by atoms with Crippen LogP contribution in [0.2, 0.25) is 0 Å². The average molecular weight is 543 g/mol. The topological polar surface area (TPSA) is 111 Å². The summed E-state index contributed by atoms with van der Waals surface area (Å²) >= 11 is 1.25. The van der Waals surface area contributed by atoms with Gasteiger partial charge in [-0.2, -0.15) is 0 Å². The Bertz CT molecular complexity index is 1780. The summed E-state index contributed by atoms with van der Waals surface area (Å²) in [5, 5.41) is 12.1. The molecule has 0 saturated carbocycles. The summed E-state index contributed by atoms with van der Waals surface area (Å²) in [6.45, 7) is 0. The number of aromatic nitrogens is 1. The first-order valence-electron chi connectivity index (χ1n) is 11.9. The van der Waals surface area contributed by atoms with E-state index in [4.69, 9.17) is 18.6 Å². The molecular formula is C29H22N2O7S. The van der Waals surface area contributed by atoms with Gasteiger partial charge in [-0.3, -0.25) is 14.5 Å². The smallest absolute Gasteiger partial charge is 0.296 e. The molecule has 0 bridgehead atoms. The minimum absolute atomic E-state index is 0.0294. The number of thiazole rings is 1. The Morgan fingerprint density at radius 2 is 1.72 bits per heavy atom. The number of nitrogens with zero attached hydrogens (tertiary/aromatic N) is 2. The highest BCUT2D eigenvalue weighted by Gasteiger charge is 2.46. The van der Waals surface area contributed by atoms with Crippen molar-refractivity contribution in [1.82, 2.24) is 4.98 Å². The molecule has 1 amide bonds. The lowest BCUT2D eigenvalue weighted by Crippen LogP contribution is -2.30. The van der Waals surface area contributed by atoms with Crippen LogP contribution in [0.4, 0.5) is 5.13 Å². The van der Waals surface area contributed by atoms with Gasteiger partial charge in [-0.25, -0.2) is 4.98 Å². The number of Topliss-reactive ketones (excluding diaryl/α,β-unsaturated/α-hetero) is 1. The summed E-state index contributed by atoms with van der Waals surface area (Å²) in [6, 6.07) is 18.2. The molecule has 1 aliphatic heterocycles. The number of carbonyl (C=O) groups is 2. The van der Waals surface area contributed by atoms with E-state index in [1.165, 1.54) is 23.3 Å².